The maximum atomic E-state index is 14.1. The molecule has 0 amide bonds. The summed E-state index contributed by atoms with van der Waals surface area (Å²) in [6, 6.07) is 7.22. The van der Waals surface area contributed by atoms with Gasteiger partial charge >= 0.3 is 0 Å². The molecule has 0 saturated heterocycles. The Kier molecular flexibility index (Phi) is 6.53. The van der Waals surface area contributed by atoms with Gasteiger partial charge in [0.2, 0.25) is 0 Å². The van der Waals surface area contributed by atoms with Gasteiger partial charge in [-0.1, -0.05) is 13.5 Å². The van der Waals surface area contributed by atoms with Gasteiger partial charge in [-0.15, -0.1) is 12.6 Å². The van der Waals surface area contributed by atoms with Gasteiger partial charge in [-0.25, -0.2) is 14.4 Å². The van der Waals surface area contributed by atoms with Crippen molar-refractivity contribution in [3.05, 3.63) is 77.6 Å². The predicted octanol–water partition coefficient (Wildman–Crippen LogP) is 4.03. The summed E-state index contributed by atoms with van der Waals surface area (Å²) in [5, 5.41) is 10.5. The normalized spacial score (nSPS) is 16.3. The molecule has 2 unspecified atom stereocenters. The molecule has 7 nitrogen and oxygen atoms in total. The zero-order valence-corrected chi connectivity index (χ0v) is 19.6. The van der Waals surface area contributed by atoms with Gasteiger partial charge in [0.15, 0.2) is 0 Å². The zero-order chi connectivity index (χ0) is 23.6. The third-order valence-corrected chi connectivity index (χ3v) is 6.39. The van der Waals surface area contributed by atoms with E-state index in [1.54, 1.807) is 12.3 Å². The Hall–Kier alpha value is -3.17. The van der Waals surface area contributed by atoms with Crippen LogP contribution in [0.5, 0.6) is 0 Å². The molecule has 9 heteroatoms. The van der Waals surface area contributed by atoms with Crippen molar-refractivity contribution in [1.29, 1.82) is 0 Å². The molecule has 0 spiro atoms. The van der Waals surface area contributed by atoms with Gasteiger partial charge in [-0.2, -0.15) is 0 Å². The summed E-state index contributed by atoms with van der Waals surface area (Å²) in [5.74, 6) is 0.194. The van der Waals surface area contributed by atoms with Crippen molar-refractivity contribution in [2.45, 2.75) is 43.4 Å². The number of aromatic nitrogens is 3. The SMILES string of the molecule is C=CC1Nc2cc(C)c(CC(C)(CN)c3c(S)ncnc3NCc3ncccc3F)cc2N1. The molecule has 2 atom stereocenters. The molecule has 172 valence electrons. The third kappa shape index (κ3) is 4.65. The summed E-state index contributed by atoms with van der Waals surface area (Å²) in [4.78, 5) is 12.8. The van der Waals surface area contributed by atoms with Crippen LogP contribution in [0.3, 0.4) is 0 Å². The molecule has 0 saturated carbocycles. The van der Waals surface area contributed by atoms with Gasteiger partial charge in [-0.3, -0.25) is 4.98 Å². The summed E-state index contributed by atoms with van der Waals surface area (Å²) in [5.41, 5.74) is 11.3. The number of nitrogens with zero attached hydrogens (tertiary/aromatic N) is 3. The molecule has 33 heavy (non-hydrogen) atoms. The second kappa shape index (κ2) is 9.36. The molecule has 3 heterocycles. The first-order chi connectivity index (χ1) is 15.8. The van der Waals surface area contributed by atoms with Gasteiger partial charge in [0, 0.05) is 23.7 Å². The largest absolute Gasteiger partial charge is 0.364 e. The van der Waals surface area contributed by atoms with E-state index in [-0.39, 0.29) is 18.5 Å². The number of anilines is 3. The first-order valence-electron chi connectivity index (χ1n) is 10.7. The monoisotopic (exact) mass is 465 g/mol. The van der Waals surface area contributed by atoms with Crippen LogP contribution in [0, 0.1) is 12.7 Å². The molecule has 1 aliphatic rings. The number of hydrogen-bond acceptors (Lipinski definition) is 8. The van der Waals surface area contributed by atoms with Crippen molar-refractivity contribution in [3.8, 4) is 0 Å². The van der Waals surface area contributed by atoms with E-state index in [4.69, 9.17) is 5.73 Å². The lowest BCUT2D eigenvalue weighted by atomic mass is 9.77. The second-order valence-corrected chi connectivity index (χ2v) is 8.90. The van der Waals surface area contributed by atoms with Crippen molar-refractivity contribution in [1.82, 2.24) is 15.0 Å². The van der Waals surface area contributed by atoms with Gasteiger partial charge < -0.3 is 21.7 Å². The number of nitrogens with one attached hydrogen (secondary N) is 3. The lowest BCUT2D eigenvalue weighted by Gasteiger charge is -2.32. The molecular formula is C24H28FN7S. The van der Waals surface area contributed by atoms with E-state index in [2.05, 4.69) is 76.1 Å². The van der Waals surface area contributed by atoms with E-state index in [1.807, 2.05) is 6.08 Å². The smallest absolute Gasteiger partial charge is 0.146 e. The maximum Gasteiger partial charge on any atom is 0.146 e. The van der Waals surface area contributed by atoms with Crippen molar-refractivity contribution in [2.75, 3.05) is 22.5 Å². The number of fused-ring (bicyclic) bond motifs is 1. The van der Waals surface area contributed by atoms with E-state index in [1.165, 1.54) is 12.4 Å². The fourth-order valence-corrected chi connectivity index (χ4v) is 4.56. The number of thiol groups is 1. The highest BCUT2D eigenvalue weighted by Crippen LogP contribution is 2.39. The third-order valence-electron chi connectivity index (χ3n) is 6.05. The van der Waals surface area contributed by atoms with Crippen LogP contribution >= 0.6 is 12.6 Å². The first kappa shape index (κ1) is 23.0. The Morgan fingerprint density at radius 1 is 1.27 bits per heavy atom. The highest BCUT2D eigenvalue weighted by atomic mass is 32.1. The van der Waals surface area contributed by atoms with E-state index in [0.717, 1.165) is 28.1 Å². The van der Waals surface area contributed by atoms with Crippen molar-refractivity contribution >= 4 is 29.8 Å². The first-order valence-corrected chi connectivity index (χ1v) is 11.2. The van der Waals surface area contributed by atoms with Crippen LogP contribution in [0.2, 0.25) is 0 Å². The molecule has 0 aliphatic carbocycles. The van der Waals surface area contributed by atoms with E-state index in [9.17, 15) is 4.39 Å². The summed E-state index contributed by atoms with van der Waals surface area (Å²) in [6.07, 6.45) is 5.48. The molecule has 2 aromatic heterocycles. The van der Waals surface area contributed by atoms with Crippen LogP contribution in [0.4, 0.5) is 21.6 Å². The minimum atomic E-state index is -0.522. The summed E-state index contributed by atoms with van der Waals surface area (Å²) < 4.78 is 14.1. The van der Waals surface area contributed by atoms with Crippen LogP contribution in [0.15, 0.2) is 54.5 Å². The number of benzene rings is 1. The summed E-state index contributed by atoms with van der Waals surface area (Å²) >= 11 is 4.63. The second-order valence-electron chi connectivity index (χ2n) is 8.47. The van der Waals surface area contributed by atoms with Crippen molar-refractivity contribution < 1.29 is 4.39 Å². The lowest BCUT2D eigenvalue weighted by Crippen LogP contribution is -2.36. The lowest BCUT2D eigenvalue weighted by molar-refractivity contribution is 0.467. The average Bonchev–Trinajstić information content (AvgIpc) is 3.20. The topological polar surface area (TPSA) is 101 Å². The number of pyridine rings is 1. The molecule has 0 fully saturated rings. The fraction of sp³-hybridized carbons (Fsp3) is 0.292. The van der Waals surface area contributed by atoms with E-state index < -0.39 is 5.41 Å². The Balaban J connectivity index is 1.66. The standard InChI is InChI=1S/C24H28FN7S/c1-4-20-31-17-8-14(2)15(9-18(17)32-20)10-24(3,12-26)21-22(29-13-30-23(21)33)28-11-19-16(25)6-5-7-27-19/h4-9,13,20,31-32H,1,10-12,26H2,2-3H3,(H2,28,29,30,33). The number of aryl methyl sites for hydroxylation is 1. The molecule has 1 aromatic carbocycles. The Morgan fingerprint density at radius 2 is 2.03 bits per heavy atom. The number of rotatable bonds is 8. The Bertz CT molecular complexity index is 1190. The molecule has 3 aromatic rings. The summed E-state index contributed by atoms with van der Waals surface area (Å²) in [6.45, 7) is 8.53. The predicted molar refractivity (Wildman–Crippen MR) is 133 cm³/mol. The molecule has 1 aliphatic heterocycles. The highest BCUT2D eigenvalue weighted by Gasteiger charge is 2.33. The highest BCUT2D eigenvalue weighted by molar-refractivity contribution is 7.80. The van der Waals surface area contributed by atoms with Gasteiger partial charge in [0.05, 0.1) is 23.6 Å². The maximum absolute atomic E-state index is 14.1. The van der Waals surface area contributed by atoms with Crippen LogP contribution in [-0.4, -0.2) is 27.7 Å². The number of halogens is 1. The van der Waals surface area contributed by atoms with E-state index in [0.29, 0.717) is 29.5 Å². The molecule has 4 rings (SSSR count). The number of nitrogens with two attached hydrogens (primary N) is 1. The van der Waals surface area contributed by atoms with Crippen LogP contribution in [0.25, 0.3) is 0 Å². The summed E-state index contributed by atoms with van der Waals surface area (Å²) in [7, 11) is 0. The van der Waals surface area contributed by atoms with Gasteiger partial charge in [-0.05, 0) is 54.8 Å². The Labute approximate surface area is 198 Å². The molecule has 5 N–H and O–H groups in total. The quantitative estimate of drug-likeness (QED) is 0.195. The number of hydrogen-bond donors (Lipinski definition) is 5. The van der Waals surface area contributed by atoms with Crippen LogP contribution in [-0.2, 0) is 18.4 Å². The van der Waals surface area contributed by atoms with Gasteiger partial charge in [0.1, 0.15) is 29.2 Å². The minimum Gasteiger partial charge on any atom is -0.364 e. The molecule has 0 bridgehead atoms. The Morgan fingerprint density at radius 3 is 2.73 bits per heavy atom. The zero-order valence-electron chi connectivity index (χ0n) is 18.7. The minimum absolute atomic E-state index is 0.00454. The van der Waals surface area contributed by atoms with Crippen molar-refractivity contribution in [3.63, 3.8) is 0 Å². The molecule has 0 radical (unpaired) electrons. The van der Waals surface area contributed by atoms with Gasteiger partial charge in [0.25, 0.3) is 0 Å². The van der Waals surface area contributed by atoms with Crippen LogP contribution in [0.1, 0.15) is 29.3 Å². The van der Waals surface area contributed by atoms with Crippen molar-refractivity contribution in [2.24, 2.45) is 5.73 Å². The fourth-order valence-electron chi connectivity index (χ4n) is 4.14. The molecular weight excluding hydrogens is 437 g/mol. The van der Waals surface area contributed by atoms with E-state index >= 15 is 0 Å². The average molecular weight is 466 g/mol. The van der Waals surface area contributed by atoms with Crippen LogP contribution < -0.4 is 21.7 Å².